The van der Waals surface area contributed by atoms with Crippen LogP contribution < -0.4 is 11.0 Å². The Kier molecular flexibility index (Phi) is 5.92. The molecule has 1 amide bonds. The van der Waals surface area contributed by atoms with E-state index in [0.717, 1.165) is 11.1 Å². The second-order valence-electron chi connectivity index (χ2n) is 6.87. The Labute approximate surface area is 168 Å². The highest BCUT2D eigenvalue weighted by atomic mass is 35.5. The number of halogens is 1. The zero-order chi connectivity index (χ0) is 20.5. The number of anilines is 1. The van der Waals surface area contributed by atoms with Crippen LogP contribution in [-0.2, 0) is 28.4 Å². The Bertz CT molecular complexity index is 1030. The zero-order valence-corrected chi connectivity index (χ0v) is 17.2. The number of aromatic nitrogens is 3. The topological polar surface area (TPSA) is 106 Å². The molecule has 9 nitrogen and oxygen atoms in total. The number of benzene rings is 1. The molecule has 1 saturated heterocycles. The fourth-order valence-electron chi connectivity index (χ4n) is 3.29. The fourth-order valence-corrected chi connectivity index (χ4v) is 4.32. The molecule has 1 aliphatic rings. The monoisotopic (exact) mass is 427 g/mol. The van der Waals surface area contributed by atoms with E-state index in [0.29, 0.717) is 29.5 Å². The lowest BCUT2D eigenvalue weighted by molar-refractivity contribution is -0.117. The van der Waals surface area contributed by atoms with E-state index in [1.807, 2.05) is 0 Å². The van der Waals surface area contributed by atoms with E-state index in [1.165, 1.54) is 15.1 Å². The van der Waals surface area contributed by atoms with Gasteiger partial charge in [0.05, 0.1) is 6.26 Å². The first-order valence-electron chi connectivity index (χ1n) is 8.79. The highest BCUT2D eigenvalue weighted by molar-refractivity contribution is 7.88. The quantitative estimate of drug-likeness (QED) is 0.766. The van der Waals surface area contributed by atoms with Gasteiger partial charge in [-0.1, -0.05) is 11.6 Å². The van der Waals surface area contributed by atoms with Gasteiger partial charge in [0.1, 0.15) is 12.4 Å². The second kappa shape index (κ2) is 8.06. The Balaban J connectivity index is 1.74. The maximum Gasteiger partial charge on any atom is 0.346 e. The molecule has 3 rings (SSSR count). The second-order valence-corrected chi connectivity index (χ2v) is 9.29. The predicted octanol–water partition coefficient (Wildman–Crippen LogP) is 1.01. The maximum absolute atomic E-state index is 12.5. The van der Waals surface area contributed by atoms with Crippen LogP contribution in [0.15, 0.2) is 29.1 Å². The molecule has 152 valence electrons. The number of amides is 1. The van der Waals surface area contributed by atoms with Crippen molar-refractivity contribution in [1.82, 2.24) is 18.7 Å². The van der Waals surface area contributed by atoms with E-state index in [9.17, 15) is 18.0 Å². The van der Waals surface area contributed by atoms with Gasteiger partial charge in [0.15, 0.2) is 0 Å². The van der Waals surface area contributed by atoms with Crippen molar-refractivity contribution in [3.05, 3.63) is 45.6 Å². The van der Waals surface area contributed by atoms with Crippen LogP contribution >= 0.6 is 11.6 Å². The van der Waals surface area contributed by atoms with Gasteiger partial charge in [0.2, 0.25) is 15.9 Å². The first-order valence-corrected chi connectivity index (χ1v) is 11.0. The van der Waals surface area contributed by atoms with Crippen molar-refractivity contribution < 1.29 is 13.2 Å². The molecule has 1 atom stereocenters. The van der Waals surface area contributed by atoms with Crippen LogP contribution in [0.2, 0.25) is 5.02 Å². The average Bonchev–Trinajstić information content (AvgIpc) is 2.91. The molecule has 1 aromatic carbocycles. The maximum atomic E-state index is 12.5. The minimum absolute atomic E-state index is 0.193. The van der Waals surface area contributed by atoms with Crippen molar-refractivity contribution in [1.29, 1.82) is 0 Å². The molecule has 0 saturated carbocycles. The van der Waals surface area contributed by atoms with Crippen molar-refractivity contribution in [2.45, 2.75) is 25.3 Å². The number of nitrogens with one attached hydrogen (secondary N) is 1. The van der Waals surface area contributed by atoms with Gasteiger partial charge in [0.25, 0.3) is 0 Å². The van der Waals surface area contributed by atoms with E-state index in [4.69, 9.17) is 11.6 Å². The molecule has 2 aromatic rings. The summed E-state index contributed by atoms with van der Waals surface area (Å²) in [6.07, 6.45) is 2.59. The van der Waals surface area contributed by atoms with E-state index in [1.54, 1.807) is 31.3 Å². The first kappa shape index (κ1) is 20.6. The summed E-state index contributed by atoms with van der Waals surface area (Å²) in [6, 6.07) is 6.63. The Morgan fingerprint density at radius 2 is 2.00 bits per heavy atom. The van der Waals surface area contributed by atoms with E-state index < -0.39 is 21.6 Å². The Morgan fingerprint density at radius 3 is 2.64 bits per heavy atom. The van der Waals surface area contributed by atoms with Crippen LogP contribution in [0.1, 0.15) is 24.6 Å². The van der Waals surface area contributed by atoms with Crippen LogP contribution in [0.4, 0.5) is 5.69 Å². The third-order valence-corrected chi connectivity index (χ3v) is 6.24. The van der Waals surface area contributed by atoms with Crippen molar-refractivity contribution >= 4 is 33.2 Å². The molecular weight excluding hydrogens is 406 g/mol. The molecule has 1 fully saturated rings. The molecule has 1 aromatic heterocycles. The molecule has 0 bridgehead atoms. The van der Waals surface area contributed by atoms with E-state index in [-0.39, 0.29) is 19.0 Å². The highest BCUT2D eigenvalue weighted by Crippen LogP contribution is 2.26. The lowest BCUT2D eigenvalue weighted by Crippen LogP contribution is -2.39. The third-order valence-electron chi connectivity index (χ3n) is 4.71. The molecule has 11 heteroatoms. The van der Waals surface area contributed by atoms with Gasteiger partial charge in [-0.2, -0.15) is 5.10 Å². The smallest absolute Gasteiger partial charge is 0.324 e. The number of hydrogen-bond donors (Lipinski definition) is 1. The molecule has 2 heterocycles. The molecule has 0 aliphatic carbocycles. The fraction of sp³-hybridized carbons (Fsp3) is 0.471. The SMILES string of the molecule is Cn1c(C2CCCN(S(C)(=O)=O)C2)nn(CC(=O)Nc2ccc(Cl)cc2)c1=O. The Morgan fingerprint density at radius 1 is 1.32 bits per heavy atom. The number of rotatable bonds is 5. The highest BCUT2D eigenvalue weighted by Gasteiger charge is 2.30. The minimum Gasteiger partial charge on any atom is -0.324 e. The van der Waals surface area contributed by atoms with E-state index in [2.05, 4.69) is 10.4 Å². The number of carbonyl (C=O) groups is 1. The summed E-state index contributed by atoms with van der Waals surface area (Å²) < 4.78 is 27.5. The summed E-state index contributed by atoms with van der Waals surface area (Å²) in [5.41, 5.74) is 0.146. The van der Waals surface area contributed by atoms with Gasteiger partial charge in [-0.25, -0.2) is 22.2 Å². The standard InChI is InChI=1S/C17H22ClN5O4S/c1-21-16(12-4-3-9-22(10-12)28(2,26)27)20-23(17(21)25)11-15(24)19-14-7-5-13(18)6-8-14/h5-8,12H,3-4,9-11H2,1-2H3,(H,19,24). The molecule has 0 radical (unpaired) electrons. The van der Waals surface area contributed by atoms with Gasteiger partial charge in [-0.3, -0.25) is 9.36 Å². The normalized spacial score (nSPS) is 18.2. The van der Waals surface area contributed by atoms with Crippen molar-refractivity contribution in [2.24, 2.45) is 7.05 Å². The van der Waals surface area contributed by atoms with Gasteiger partial charge >= 0.3 is 5.69 Å². The van der Waals surface area contributed by atoms with Crippen LogP contribution in [0.25, 0.3) is 0 Å². The van der Waals surface area contributed by atoms with Crippen molar-refractivity contribution in [3.8, 4) is 0 Å². The van der Waals surface area contributed by atoms with Crippen LogP contribution in [0.3, 0.4) is 0 Å². The summed E-state index contributed by atoms with van der Waals surface area (Å²) in [4.78, 5) is 24.7. The van der Waals surface area contributed by atoms with Crippen LogP contribution in [0.5, 0.6) is 0 Å². The van der Waals surface area contributed by atoms with Crippen molar-refractivity contribution in [3.63, 3.8) is 0 Å². The number of carbonyl (C=O) groups excluding carboxylic acids is 1. The predicted molar refractivity (Wildman–Crippen MR) is 106 cm³/mol. The van der Waals surface area contributed by atoms with E-state index >= 15 is 0 Å². The lowest BCUT2D eigenvalue weighted by Gasteiger charge is -2.30. The molecule has 1 unspecified atom stereocenters. The zero-order valence-electron chi connectivity index (χ0n) is 15.6. The van der Waals surface area contributed by atoms with Gasteiger partial charge < -0.3 is 5.32 Å². The number of hydrogen-bond acceptors (Lipinski definition) is 5. The van der Waals surface area contributed by atoms with Crippen LogP contribution in [0, 0.1) is 0 Å². The van der Waals surface area contributed by atoms with Gasteiger partial charge in [-0.15, -0.1) is 0 Å². The largest absolute Gasteiger partial charge is 0.346 e. The van der Waals surface area contributed by atoms with Gasteiger partial charge in [-0.05, 0) is 37.1 Å². The summed E-state index contributed by atoms with van der Waals surface area (Å²) in [7, 11) is -1.72. The molecule has 1 N–H and O–H groups in total. The minimum atomic E-state index is -3.30. The van der Waals surface area contributed by atoms with Crippen molar-refractivity contribution in [2.75, 3.05) is 24.7 Å². The summed E-state index contributed by atoms with van der Waals surface area (Å²) in [5.74, 6) is -0.102. The lowest BCUT2D eigenvalue weighted by atomic mass is 9.99. The molecule has 28 heavy (non-hydrogen) atoms. The third kappa shape index (κ3) is 4.62. The Hall–Kier alpha value is -2.17. The number of sulfonamides is 1. The van der Waals surface area contributed by atoms with Crippen LogP contribution in [-0.4, -0.2) is 52.3 Å². The summed E-state index contributed by atoms with van der Waals surface area (Å²) in [6.45, 7) is 0.505. The average molecular weight is 428 g/mol. The number of piperidine rings is 1. The number of nitrogens with zero attached hydrogens (tertiary/aromatic N) is 4. The van der Waals surface area contributed by atoms with Gasteiger partial charge in [0, 0.05) is 36.8 Å². The summed E-state index contributed by atoms with van der Waals surface area (Å²) in [5, 5.41) is 7.55. The molecule has 1 aliphatic heterocycles. The molecule has 0 spiro atoms. The first-order chi connectivity index (χ1) is 13.1. The summed E-state index contributed by atoms with van der Waals surface area (Å²) >= 11 is 5.82. The molecular formula is C17H22ClN5O4S.